The fraction of sp³-hybridized carbons (Fsp3) is 0.889. The standard InChI is InChI=1S/C9H19N3O2S2/c1-8-3-2-6-12(7-8)16(13,14)11-5-4-9(10)15/h8,11H,2-7H2,1H3,(H2,10,15). The van der Waals surface area contributed by atoms with Crippen LogP contribution in [0.1, 0.15) is 26.2 Å². The van der Waals surface area contributed by atoms with Gasteiger partial charge in [0.25, 0.3) is 10.2 Å². The van der Waals surface area contributed by atoms with E-state index in [0.717, 1.165) is 12.8 Å². The average molecular weight is 265 g/mol. The Hall–Kier alpha value is -0.240. The number of hydrogen-bond acceptors (Lipinski definition) is 3. The quantitative estimate of drug-likeness (QED) is 0.698. The molecule has 1 atom stereocenters. The maximum atomic E-state index is 11.8. The van der Waals surface area contributed by atoms with Gasteiger partial charge in [0.05, 0.1) is 4.99 Å². The molecule has 1 saturated heterocycles. The molecule has 1 heterocycles. The van der Waals surface area contributed by atoms with Crippen molar-refractivity contribution >= 4 is 27.4 Å². The lowest BCUT2D eigenvalue weighted by molar-refractivity contribution is 0.278. The van der Waals surface area contributed by atoms with E-state index < -0.39 is 10.2 Å². The molecule has 1 aliphatic rings. The van der Waals surface area contributed by atoms with Crippen LogP contribution in [0.2, 0.25) is 0 Å². The monoisotopic (exact) mass is 265 g/mol. The van der Waals surface area contributed by atoms with E-state index in [4.69, 9.17) is 5.73 Å². The van der Waals surface area contributed by atoms with Gasteiger partial charge in [0.2, 0.25) is 0 Å². The number of nitrogens with one attached hydrogen (secondary N) is 1. The van der Waals surface area contributed by atoms with Crippen LogP contribution in [0.5, 0.6) is 0 Å². The van der Waals surface area contributed by atoms with E-state index >= 15 is 0 Å². The first-order chi connectivity index (χ1) is 7.42. The van der Waals surface area contributed by atoms with Gasteiger partial charge in [-0.15, -0.1) is 0 Å². The molecule has 0 bridgehead atoms. The third kappa shape index (κ3) is 4.32. The van der Waals surface area contributed by atoms with Gasteiger partial charge in [-0.25, -0.2) is 4.72 Å². The summed E-state index contributed by atoms with van der Waals surface area (Å²) >= 11 is 4.69. The van der Waals surface area contributed by atoms with Crippen LogP contribution in [0.3, 0.4) is 0 Å². The number of rotatable bonds is 5. The van der Waals surface area contributed by atoms with Gasteiger partial charge in [-0.3, -0.25) is 0 Å². The molecule has 5 nitrogen and oxygen atoms in total. The second-order valence-corrected chi connectivity index (χ2v) is 6.50. The van der Waals surface area contributed by atoms with Gasteiger partial charge in [0.1, 0.15) is 0 Å². The molecule has 0 amide bonds. The molecule has 94 valence electrons. The molecule has 0 aliphatic carbocycles. The summed E-state index contributed by atoms with van der Waals surface area (Å²) in [5.74, 6) is 0.431. The topological polar surface area (TPSA) is 75.4 Å². The highest BCUT2D eigenvalue weighted by Crippen LogP contribution is 2.17. The van der Waals surface area contributed by atoms with Gasteiger partial charge in [-0.2, -0.15) is 12.7 Å². The minimum absolute atomic E-state index is 0.280. The first-order valence-electron chi connectivity index (χ1n) is 5.45. The Bertz CT molecular complexity index is 343. The highest BCUT2D eigenvalue weighted by atomic mass is 32.2. The number of nitrogens with zero attached hydrogens (tertiary/aromatic N) is 1. The van der Waals surface area contributed by atoms with Crippen molar-refractivity contribution in [3.05, 3.63) is 0 Å². The predicted octanol–water partition coefficient (Wildman–Crippen LogP) is 0.229. The molecule has 1 rings (SSSR count). The lowest BCUT2D eigenvalue weighted by Crippen LogP contribution is -2.46. The number of thiocarbonyl (C=S) groups is 1. The summed E-state index contributed by atoms with van der Waals surface area (Å²) in [4.78, 5) is 0.328. The third-order valence-electron chi connectivity index (χ3n) is 2.62. The van der Waals surface area contributed by atoms with E-state index in [-0.39, 0.29) is 6.54 Å². The van der Waals surface area contributed by atoms with Crippen molar-refractivity contribution in [1.82, 2.24) is 9.03 Å². The maximum absolute atomic E-state index is 11.8. The van der Waals surface area contributed by atoms with Crippen LogP contribution in [0, 0.1) is 5.92 Å². The molecule has 0 radical (unpaired) electrons. The zero-order chi connectivity index (χ0) is 12.2. The summed E-state index contributed by atoms with van der Waals surface area (Å²) in [7, 11) is -3.34. The van der Waals surface area contributed by atoms with Gasteiger partial charge < -0.3 is 5.73 Å². The first-order valence-corrected chi connectivity index (χ1v) is 7.29. The molecule has 1 unspecified atom stereocenters. The van der Waals surface area contributed by atoms with Gasteiger partial charge in [-0.1, -0.05) is 19.1 Å². The Morgan fingerprint density at radius 2 is 2.31 bits per heavy atom. The number of piperidine rings is 1. The van der Waals surface area contributed by atoms with Crippen molar-refractivity contribution < 1.29 is 8.42 Å². The van der Waals surface area contributed by atoms with Gasteiger partial charge in [0, 0.05) is 26.1 Å². The van der Waals surface area contributed by atoms with Crippen LogP contribution in [0.15, 0.2) is 0 Å². The fourth-order valence-corrected chi connectivity index (χ4v) is 3.22. The van der Waals surface area contributed by atoms with Gasteiger partial charge >= 0.3 is 0 Å². The highest BCUT2D eigenvalue weighted by Gasteiger charge is 2.26. The van der Waals surface area contributed by atoms with E-state index in [0.29, 0.717) is 30.4 Å². The average Bonchev–Trinajstić information content (AvgIpc) is 2.16. The zero-order valence-corrected chi connectivity index (χ0v) is 11.1. The summed E-state index contributed by atoms with van der Waals surface area (Å²) in [5.41, 5.74) is 5.31. The van der Waals surface area contributed by atoms with Crippen LogP contribution in [-0.2, 0) is 10.2 Å². The van der Waals surface area contributed by atoms with Gasteiger partial charge in [0.15, 0.2) is 0 Å². The SMILES string of the molecule is CC1CCCN(S(=O)(=O)NCCC(N)=S)C1. The molecule has 3 N–H and O–H groups in total. The van der Waals surface area contributed by atoms with Crippen molar-refractivity contribution in [1.29, 1.82) is 0 Å². The Morgan fingerprint density at radius 3 is 2.88 bits per heavy atom. The molecule has 7 heteroatoms. The molecule has 16 heavy (non-hydrogen) atoms. The molecule has 0 aromatic heterocycles. The fourth-order valence-electron chi connectivity index (χ4n) is 1.76. The van der Waals surface area contributed by atoms with E-state index in [9.17, 15) is 8.42 Å². The molecule has 0 spiro atoms. The number of nitrogens with two attached hydrogens (primary N) is 1. The van der Waals surface area contributed by atoms with E-state index in [1.807, 2.05) is 0 Å². The Kier molecular flexibility index (Phi) is 5.10. The van der Waals surface area contributed by atoms with Crippen molar-refractivity contribution in [3.8, 4) is 0 Å². The van der Waals surface area contributed by atoms with Crippen LogP contribution in [-0.4, -0.2) is 37.3 Å². The van der Waals surface area contributed by atoms with Crippen LogP contribution in [0.25, 0.3) is 0 Å². The van der Waals surface area contributed by atoms with Crippen molar-refractivity contribution in [2.75, 3.05) is 19.6 Å². The lowest BCUT2D eigenvalue weighted by atomic mass is 10.0. The molecular formula is C9H19N3O2S2. The predicted molar refractivity (Wildman–Crippen MR) is 68.3 cm³/mol. The molecule has 0 aromatic rings. The minimum atomic E-state index is -3.34. The van der Waals surface area contributed by atoms with Gasteiger partial charge in [-0.05, 0) is 18.8 Å². The normalized spacial score (nSPS) is 23.2. The summed E-state index contributed by atoms with van der Waals surface area (Å²) in [6.07, 6.45) is 2.42. The van der Waals surface area contributed by atoms with E-state index in [1.54, 1.807) is 0 Å². The van der Waals surface area contributed by atoms with Crippen LogP contribution in [0.4, 0.5) is 0 Å². The van der Waals surface area contributed by atoms with Crippen molar-refractivity contribution in [2.24, 2.45) is 11.7 Å². The Balaban J connectivity index is 2.46. The summed E-state index contributed by atoms with van der Waals surface area (Å²) < 4.78 is 27.7. The molecular weight excluding hydrogens is 246 g/mol. The molecule has 1 fully saturated rings. The molecule has 0 saturated carbocycles. The second kappa shape index (κ2) is 5.90. The van der Waals surface area contributed by atoms with Crippen LogP contribution < -0.4 is 10.5 Å². The smallest absolute Gasteiger partial charge is 0.279 e. The minimum Gasteiger partial charge on any atom is -0.393 e. The van der Waals surface area contributed by atoms with Crippen molar-refractivity contribution in [2.45, 2.75) is 26.2 Å². The summed E-state index contributed by atoms with van der Waals surface area (Å²) in [6.45, 7) is 3.55. The molecule has 0 aromatic carbocycles. The second-order valence-electron chi connectivity index (χ2n) is 4.22. The highest BCUT2D eigenvalue weighted by molar-refractivity contribution is 7.87. The lowest BCUT2D eigenvalue weighted by Gasteiger charge is -2.29. The summed E-state index contributed by atoms with van der Waals surface area (Å²) in [5, 5.41) is 0. The summed E-state index contributed by atoms with van der Waals surface area (Å²) in [6, 6.07) is 0. The third-order valence-corrected chi connectivity index (χ3v) is 4.40. The molecule has 1 aliphatic heterocycles. The van der Waals surface area contributed by atoms with E-state index in [2.05, 4.69) is 23.9 Å². The maximum Gasteiger partial charge on any atom is 0.279 e. The number of hydrogen-bond donors (Lipinski definition) is 2. The van der Waals surface area contributed by atoms with Crippen molar-refractivity contribution in [3.63, 3.8) is 0 Å². The Morgan fingerprint density at radius 1 is 1.62 bits per heavy atom. The zero-order valence-electron chi connectivity index (χ0n) is 9.48. The largest absolute Gasteiger partial charge is 0.393 e. The Labute approximate surface area is 103 Å². The first kappa shape index (κ1) is 13.8. The van der Waals surface area contributed by atoms with Crippen LogP contribution >= 0.6 is 12.2 Å². The van der Waals surface area contributed by atoms with E-state index in [1.165, 1.54) is 4.31 Å².